The van der Waals surface area contributed by atoms with Gasteiger partial charge in [0.05, 0.1) is 0 Å². The summed E-state index contributed by atoms with van der Waals surface area (Å²) in [6, 6.07) is 13.6. The zero-order valence-corrected chi connectivity index (χ0v) is 14.2. The monoisotopic (exact) mass is 337 g/mol. The Labute approximate surface area is 147 Å². The zero-order chi connectivity index (χ0) is 17.2. The summed E-state index contributed by atoms with van der Waals surface area (Å²) in [7, 11) is 0. The van der Waals surface area contributed by atoms with E-state index in [1.165, 1.54) is 19.3 Å². The zero-order valence-electron chi connectivity index (χ0n) is 14.2. The molecule has 4 rings (SSSR count). The molecule has 2 bridgehead atoms. The molecule has 0 spiro atoms. The topological polar surface area (TPSA) is 55.4 Å². The third-order valence-corrected chi connectivity index (χ3v) is 5.74. The number of carbonyl (C=O) groups excluding carboxylic acids is 2. The van der Waals surface area contributed by atoms with E-state index >= 15 is 0 Å². The van der Waals surface area contributed by atoms with E-state index in [4.69, 9.17) is 4.74 Å². The molecule has 2 saturated carbocycles. The van der Waals surface area contributed by atoms with Crippen LogP contribution in [0.1, 0.15) is 32.1 Å². The highest BCUT2D eigenvalue weighted by Crippen LogP contribution is 2.49. The lowest BCUT2D eigenvalue weighted by Crippen LogP contribution is -2.23. The second-order valence-corrected chi connectivity index (χ2v) is 7.37. The summed E-state index contributed by atoms with van der Waals surface area (Å²) in [6.07, 6.45) is 5.47. The molecule has 0 aliphatic heterocycles. The molecule has 0 heterocycles. The van der Waals surface area contributed by atoms with Gasteiger partial charge in [0.1, 0.15) is 0 Å². The summed E-state index contributed by atoms with van der Waals surface area (Å²) in [5.41, 5.74) is 0.743. The normalized spacial score (nSPS) is 24.4. The van der Waals surface area contributed by atoms with Crippen molar-refractivity contribution in [1.82, 2.24) is 0 Å². The van der Waals surface area contributed by atoms with Crippen molar-refractivity contribution in [3.63, 3.8) is 0 Å². The lowest BCUT2D eigenvalue weighted by Gasteiger charge is -2.20. The molecule has 1 N–H and O–H groups in total. The van der Waals surface area contributed by atoms with Crippen LogP contribution in [0.15, 0.2) is 42.5 Å². The van der Waals surface area contributed by atoms with Crippen molar-refractivity contribution in [2.24, 2.45) is 17.8 Å². The van der Waals surface area contributed by atoms with Gasteiger partial charge in [0.25, 0.3) is 5.91 Å². The van der Waals surface area contributed by atoms with Gasteiger partial charge in [-0.15, -0.1) is 0 Å². The highest BCUT2D eigenvalue weighted by Gasteiger charge is 2.40. The van der Waals surface area contributed by atoms with E-state index in [0.717, 1.165) is 28.8 Å². The SMILES string of the molecule is O=C(COC(=O)C[C@H]1C[C@H]2CC[C@@H]1C2)Nc1cccc2ccccc12. The van der Waals surface area contributed by atoms with Crippen molar-refractivity contribution in [3.8, 4) is 0 Å². The molecule has 2 aromatic rings. The minimum absolute atomic E-state index is 0.219. The van der Waals surface area contributed by atoms with Crippen LogP contribution in [0.2, 0.25) is 0 Å². The van der Waals surface area contributed by atoms with Gasteiger partial charge in [0.15, 0.2) is 6.61 Å². The van der Waals surface area contributed by atoms with E-state index < -0.39 is 0 Å². The number of rotatable bonds is 5. The Morgan fingerprint density at radius 1 is 1.04 bits per heavy atom. The summed E-state index contributed by atoms with van der Waals surface area (Å²) in [6.45, 7) is -0.219. The first-order valence-corrected chi connectivity index (χ1v) is 9.12. The van der Waals surface area contributed by atoms with E-state index in [1.54, 1.807) is 0 Å². The predicted molar refractivity (Wildman–Crippen MR) is 97.1 cm³/mol. The minimum atomic E-state index is -0.294. The highest BCUT2D eigenvalue weighted by atomic mass is 16.5. The first kappa shape index (κ1) is 16.1. The van der Waals surface area contributed by atoms with Gasteiger partial charge < -0.3 is 10.1 Å². The first-order valence-electron chi connectivity index (χ1n) is 9.12. The van der Waals surface area contributed by atoms with Gasteiger partial charge in [-0.3, -0.25) is 9.59 Å². The Hall–Kier alpha value is -2.36. The Balaban J connectivity index is 1.29. The van der Waals surface area contributed by atoms with Crippen molar-refractivity contribution in [1.29, 1.82) is 0 Å². The summed E-state index contributed by atoms with van der Waals surface area (Å²) in [5, 5.41) is 4.89. The second kappa shape index (κ2) is 6.87. The molecule has 0 saturated heterocycles. The maximum Gasteiger partial charge on any atom is 0.306 e. The third-order valence-electron chi connectivity index (χ3n) is 5.74. The summed E-state index contributed by atoms with van der Waals surface area (Å²) in [4.78, 5) is 24.2. The van der Waals surface area contributed by atoms with E-state index in [2.05, 4.69) is 5.32 Å². The fourth-order valence-electron chi connectivity index (χ4n) is 4.57. The summed E-state index contributed by atoms with van der Waals surface area (Å²) >= 11 is 0. The van der Waals surface area contributed by atoms with Gasteiger partial charge in [0.2, 0.25) is 0 Å². The lowest BCUT2D eigenvalue weighted by atomic mass is 9.86. The average Bonchev–Trinajstić information content (AvgIpc) is 3.23. The van der Waals surface area contributed by atoms with Crippen LogP contribution in [0.25, 0.3) is 10.8 Å². The number of ether oxygens (including phenoxy) is 1. The smallest absolute Gasteiger partial charge is 0.306 e. The third kappa shape index (κ3) is 3.53. The minimum Gasteiger partial charge on any atom is -0.456 e. The molecular formula is C21H23NO3. The number of carbonyl (C=O) groups is 2. The van der Waals surface area contributed by atoms with Crippen molar-refractivity contribution >= 4 is 28.3 Å². The van der Waals surface area contributed by atoms with Gasteiger partial charge >= 0.3 is 5.97 Å². The Kier molecular flexibility index (Phi) is 4.43. The van der Waals surface area contributed by atoms with E-state index in [0.29, 0.717) is 18.3 Å². The van der Waals surface area contributed by atoms with Crippen LogP contribution in [0.3, 0.4) is 0 Å². The molecule has 0 aromatic heterocycles. The van der Waals surface area contributed by atoms with Crippen molar-refractivity contribution < 1.29 is 14.3 Å². The Bertz CT molecular complexity index is 795. The molecule has 25 heavy (non-hydrogen) atoms. The maximum atomic E-state index is 12.1. The van der Waals surface area contributed by atoms with E-state index in [-0.39, 0.29) is 18.5 Å². The molecule has 2 aliphatic rings. The maximum absolute atomic E-state index is 12.1. The molecule has 1 amide bonds. The van der Waals surface area contributed by atoms with Crippen LogP contribution in [0.5, 0.6) is 0 Å². The number of fused-ring (bicyclic) bond motifs is 3. The number of anilines is 1. The molecule has 3 atom stereocenters. The van der Waals surface area contributed by atoms with Crippen LogP contribution in [0, 0.1) is 17.8 Å². The number of hydrogen-bond donors (Lipinski definition) is 1. The molecule has 0 radical (unpaired) electrons. The largest absolute Gasteiger partial charge is 0.456 e. The molecule has 2 aliphatic carbocycles. The van der Waals surface area contributed by atoms with Crippen molar-refractivity contribution in [2.75, 3.05) is 11.9 Å². The Morgan fingerprint density at radius 2 is 1.88 bits per heavy atom. The number of esters is 1. The van der Waals surface area contributed by atoms with Crippen LogP contribution >= 0.6 is 0 Å². The van der Waals surface area contributed by atoms with Crippen molar-refractivity contribution in [2.45, 2.75) is 32.1 Å². The van der Waals surface area contributed by atoms with Crippen LogP contribution in [-0.4, -0.2) is 18.5 Å². The summed E-state index contributed by atoms with van der Waals surface area (Å²) in [5.74, 6) is 1.44. The fourth-order valence-corrected chi connectivity index (χ4v) is 4.57. The molecule has 4 heteroatoms. The first-order chi connectivity index (χ1) is 12.2. The van der Waals surface area contributed by atoms with Gasteiger partial charge in [-0.1, -0.05) is 42.8 Å². The van der Waals surface area contributed by atoms with Gasteiger partial charge in [0, 0.05) is 17.5 Å². The fraction of sp³-hybridized carbons (Fsp3) is 0.429. The van der Waals surface area contributed by atoms with Gasteiger partial charge in [-0.2, -0.15) is 0 Å². The standard InChI is InChI=1S/C21H23NO3/c23-20(22-19-7-3-5-15-4-1-2-6-18(15)19)13-25-21(24)12-17-11-14-8-9-16(17)10-14/h1-7,14,16-17H,8-13H2,(H,22,23)/t14-,16+,17+/m0/s1. The molecule has 2 fully saturated rings. The van der Waals surface area contributed by atoms with Crippen LogP contribution in [0.4, 0.5) is 5.69 Å². The molecule has 4 nitrogen and oxygen atoms in total. The lowest BCUT2D eigenvalue weighted by molar-refractivity contribution is -0.148. The molecule has 130 valence electrons. The van der Waals surface area contributed by atoms with Crippen LogP contribution in [-0.2, 0) is 14.3 Å². The van der Waals surface area contributed by atoms with Crippen molar-refractivity contribution in [3.05, 3.63) is 42.5 Å². The predicted octanol–water partition coefficient (Wildman–Crippen LogP) is 4.15. The second-order valence-electron chi connectivity index (χ2n) is 7.37. The number of hydrogen-bond acceptors (Lipinski definition) is 3. The molecular weight excluding hydrogens is 314 g/mol. The average molecular weight is 337 g/mol. The highest BCUT2D eigenvalue weighted by molar-refractivity contribution is 6.02. The Morgan fingerprint density at radius 3 is 2.68 bits per heavy atom. The van der Waals surface area contributed by atoms with Gasteiger partial charge in [-0.05, 0) is 48.5 Å². The number of nitrogens with one attached hydrogen (secondary N) is 1. The van der Waals surface area contributed by atoms with E-state index in [9.17, 15) is 9.59 Å². The summed E-state index contributed by atoms with van der Waals surface area (Å²) < 4.78 is 5.21. The molecule has 2 aromatic carbocycles. The quantitative estimate of drug-likeness (QED) is 0.834. The number of amides is 1. The van der Waals surface area contributed by atoms with E-state index in [1.807, 2.05) is 42.5 Å². The molecule has 0 unspecified atom stereocenters. The number of benzene rings is 2. The van der Waals surface area contributed by atoms with Gasteiger partial charge in [-0.25, -0.2) is 0 Å². The van der Waals surface area contributed by atoms with Crippen LogP contribution < -0.4 is 5.32 Å².